The highest BCUT2D eigenvalue weighted by atomic mass is 32.2. The number of nitrogens with zero attached hydrogens (tertiary/aromatic N) is 3. The van der Waals surface area contributed by atoms with Crippen molar-refractivity contribution in [2.24, 2.45) is 11.1 Å². The van der Waals surface area contributed by atoms with Gasteiger partial charge < -0.3 is 9.64 Å². The summed E-state index contributed by atoms with van der Waals surface area (Å²) in [5.74, 6) is 0.918. The van der Waals surface area contributed by atoms with Crippen molar-refractivity contribution < 1.29 is 17.5 Å². The molecule has 0 spiro atoms. The van der Waals surface area contributed by atoms with E-state index in [1.807, 2.05) is 4.90 Å². The molecular weight excluding hydrogens is 337 g/mol. The lowest BCUT2D eigenvalue weighted by atomic mass is 9.96. The van der Waals surface area contributed by atoms with Gasteiger partial charge in [0.1, 0.15) is 29.2 Å². The molecule has 0 atom stereocenters. The van der Waals surface area contributed by atoms with Gasteiger partial charge in [0.25, 0.3) is 10.2 Å². The molecule has 1 aliphatic heterocycles. The normalized spacial score (nSPS) is 15.5. The standard InChI is InChI=1S/C14H18FN5O3S/c1-23-12-5-10(15)4-11-13(12)17-8-18-14(11)20-6-9(7-20)2-3-19-24(16,21)22/h4-5,8-9,19H,2-3,6-7H2,1H3,(H2,16,21,22). The van der Waals surface area contributed by atoms with E-state index in [0.29, 0.717) is 54.4 Å². The first-order valence-corrected chi connectivity index (χ1v) is 8.92. The molecule has 130 valence electrons. The second kappa shape index (κ2) is 6.46. The maximum absolute atomic E-state index is 13.8. The molecule has 8 nitrogen and oxygen atoms in total. The number of nitrogens with two attached hydrogens (primary N) is 1. The number of benzene rings is 1. The van der Waals surface area contributed by atoms with Gasteiger partial charge in [-0.2, -0.15) is 8.42 Å². The zero-order chi connectivity index (χ0) is 17.3. The van der Waals surface area contributed by atoms with Crippen LogP contribution in [-0.2, 0) is 10.2 Å². The van der Waals surface area contributed by atoms with Crippen LogP contribution in [0.4, 0.5) is 10.2 Å². The molecule has 1 saturated heterocycles. The largest absolute Gasteiger partial charge is 0.494 e. The fraction of sp³-hybridized carbons (Fsp3) is 0.429. The van der Waals surface area contributed by atoms with E-state index in [1.165, 1.54) is 25.6 Å². The Morgan fingerprint density at radius 1 is 1.42 bits per heavy atom. The number of anilines is 1. The van der Waals surface area contributed by atoms with Crippen LogP contribution in [-0.4, -0.2) is 45.1 Å². The van der Waals surface area contributed by atoms with E-state index in [9.17, 15) is 12.8 Å². The lowest BCUT2D eigenvalue weighted by Crippen LogP contribution is -2.48. The molecule has 0 saturated carbocycles. The van der Waals surface area contributed by atoms with Crippen LogP contribution in [0.15, 0.2) is 18.5 Å². The topological polar surface area (TPSA) is 110 Å². The van der Waals surface area contributed by atoms with Crippen LogP contribution >= 0.6 is 0 Å². The van der Waals surface area contributed by atoms with Gasteiger partial charge in [-0.05, 0) is 18.4 Å². The van der Waals surface area contributed by atoms with Gasteiger partial charge in [-0.3, -0.25) is 0 Å². The molecule has 1 fully saturated rings. The maximum atomic E-state index is 13.8. The number of hydrogen-bond acceptors (Lipinski definition) is 6. The number of methoxy groups -OCH3 is 1. The van der Waals surface area contributed by atoms with Crippen molar-refractivity contribution in [1.29, 1.82) is 0 Å². The molecule has 0 unspecified atom stereocenters. The molecule has 0 aliphatic carbocycles. The SMILES string of the molecule is COc1cc(F)cc2c(N3CC(CCNS(N)(=O)=O)C3)ncnc12. The van der Waals surface area contributed by atoms with E-state index in [1.54, 1.807) is 0 Å². The van der Waals surface area contributed by atoms with E-state index < -0.39 is 16.0 Å². The van der Waals surface area contributed by atoms with E-state index in [-0.39, 0.29) is 0 Å². The molecule has 1 aromatic heterocycles. The van der Waals surface area contributed by atoms with Crippen LogP contribution in [0, 0.1) is 11.7 Å². The van der Waals surface area contributed by atoms with Crippen molar-refractivity contribution in [3.63, 3.8) is 0 Å². The zero-order valence-electron chi connectivity index (χ0n) is 13.1. The number of aromatic nitrogens is 2. The highest BCUT2D eigenvalue weighted by Gasteiger charge is 2.29. The summed E-state index contributed by atoms with van der Waals surface area (Å²) in [7, 11) is -2.18. The highest BCUT2D eigenvalue weighted by molar-refractivity contribution is 7.87. The first kappa shape index (κ1) is 16.8. The van der Waals surface area contributed by atoms with Crippen LogP contribution < -0.4 is 19.5 Å². The molecular formula is C14H18FN5O3S. The van der Waals surface area contributed by atoms with Crippen LogP contribution in [0.3, 0.4) is 0 Å². The van der Waals surface area contributed by atoms with E-state index in [2.05, 4.69) is 14.7 Å². The molecule has 0 bridgehead atoms. The summed E-state index contributed by atoms with van der Waals surface area (Å²) in [6.07, 6.45) is 2.10. The lowest BCUT2D eigenvalue weighted by Gasteiger charge is -2.40. The monoisotopic (exact) mass is 355 g/mol. The fourth-order valence-corrected chi connectivity index (χ4v) is 3.23. The minimum Gasteiger partial charge on any atom is -0.494 e. The fourth-order valence-electron chi connectivity index (χ4n) is 2.83. The van der Waals surface area contributed by atoms with E-state index >= 15 is 0 Å². The van der Waals surface area contributed by atoms with Crippen LogP contribution in [0.5, 0.6) is 5.75 Å². The lowest BCUT2D eigenvalue weighted by molar-refractivity contribution is 0.382. The van der Waals surface area contributed by atoms with E-state index in [4.69, 9.17) is 9.88 Å². The first-order chi connectivity index (χ1) is 11.4. The molecule has 10 heteroatoms. The Labute approximate surface area is 139 Å². The highest BCUT2D eigenvalue weighted by Crippen LogP contribution is 2.34. The summed E-state index contributed by atoms with van der Waals surface area (Å²) < 4.78 is 42.9. The Morgan fingerprint density at radius 3 is 2.83 bits per heavy atom. The third-order valence-corrected chi connectivity index (χ3v) is 4.59. The number of nitrogens with one attached hydrogen (secondary N) is 1. The van der Waals surface area contributed by atoms with Crippen molar-refractivity contribution in [2.45, 2.75) is 6.42 Å². The maximum Gasteiger partial charge on any atom is 0.274 e. The number of hydrogen-bond donors (Lipinski definition) is 2. The molecule has 1 aliphatic rings. The van der Waals surface area contributed by atoms with Crippen molar-refractivity contribution in [3.05, 3.63) is 24.3 Å². The Morgan fingerprint density at radius 2 is 2.17 bits per heavy atom. The van der Waals surface area contributed by atoms with Gasteiger partial charge in [-0.15, -0.1) is 0 Å². The van der Waals surface area contributed by atoms with Crippen molar-refractivity contribution in [3.8, 4) is 5.75 Å². The van der Waals surface area contributed by atoms with Crippen LogP contribution in [0.2, 0.25) is 0 Å². The molecule has 0 amide bonds. The number of ether oxygens (including phenoxy) is 1. The number of rotatable bonds is 6. The van der Waals surface area contributed by atoms with Crippen molar-refractivity contribution in [1.82, 2.24) is 14.7 Å². The minimum atomic E-state index is -3.65. The second-order valence-electron chi connectivity index (χ2n) is 5.70. The Hall–Kier alpha value is -2.04. The number of fused-ring (bicyclic) bond motifs is 1. The molecule has 3 rings (SSSR count). The molecule has 3 N–H and O–H groups in total. The molecule has 1 aromatic carbocycles. The van der Waals surface area contributed by atoms with Gasteiger partial charge >= 0.3 is 0 Å². The summed E-state index contributed by atoms with van der Waals surface area (Å²) in [6.45, 7) is 1.71. The Balaban J connectivity index is 1.72. The quantitative estimate of drug-likeness (QED) is 0.776. The van der Waals surface area contributed by atoms with Gasteiger partial charge in [-0.1, -0.05) is 0 Å². The Bertz CT molecular complexity index is 855. The second-order valence-corrected chi connectivity index (χ2v) is 7.08. The summed E-state index contributed by atoms with van der Waals surface area (Å²) in [6, 6.07) is 2.68. The van der Waals surface area contributed by atoms with Crippen molar-refractivity contribution in [2.75, 3.05) is 31.6 Å². The third-order valence-electron chi connectivity index (χ3n) is 3.98. The van der Waals surface area contributed by atoms with Crippen molar-refractivity contribution >= 4 is 26.9 Å². The van der Waals surface area contributed by atoms with Gasteiger partial charge in [0.15, 0.2) is 0 Å². The zero-order valence-corrected chi connectivity index (χ0v) is 13.9. The Kier molecular flexibility index (Phi) is 4.52. The van der Waals surface area contributed by atoms with Gasteiger partial charge in [0.05, 0.1) is 7.11 Å². The first-order valence-electron chi connectivity index (χ1n) is 7.38. The predicted molar refractivity (Wildman–Crippen MR) is 87.5 cm³/mol. The summed E-state index contributed by atoms with van der Waals surface area (Å²) >= 11 is 0. The van der Waals surface area contributed by atoms with Crippen LogP contribution in [0.1, 0.15) is 6.42 Å². The average Bonchev–Trinajstić information content (AvgIpc) is 2.47. The molecule has 0 radical (unpaired) electrons. The summed E-state index contributed by atoms with van der Waals surface area (Å²) in [5, 5.41) is 5.48. The van der Waals surface area contributed by atoms with E-state index in [0.717, 1.165) is 0 Å². The minimum absolute atomic E-state index is 0.296. The molecule has 24 heavy (non-hydrogen) atoms. The smallest absolute Gasteiger partial charge is 0.274 e. The number of halogens is 1. The summed E-state index contributed by atoms with van der Waals surface area (Å²) in [4.78, 5) is 10.4. The molecule has 2 aromatic rings. The summed E-state index contributed by atoms with van der Waals surface area (Å²) in [5.41, 5.74) is 0.559. The van der Waals surface area contributed by atoms with Gasteiger partial charge in [0, 0.05) is 31.1 Å². The van der Waals surface area contributed by atoms with Crippen LogP contribution in [0.25, 0.3) is 10.9 Å². The third kappa shape index (κ3) is 3.55. The molecule has 2 heterocycles. The van der Waals surface area contributed by atoms with Gasteiger partial charge in [-0.25, -0.2) is 24.2 Å². The average molecular weight is 355 g/mol. The predicted octanol–water partition coefficient (Wildman–Crippen LogP) is 0.397. The van der Waals surface area contributed by atoms with Gasteiger partial charge in [0.2, 0.25) is 0 Å².